The van der Waals surface area contributed by atoms with Crippen LogP contribution in [0.4, 0.5) is 10.1 Å². The van der Waals surface area contributed by atoms with Gasteiger partial charge in [-0.1, -0.05) is 29.3 Å². The summed E-state index contributed by atoms with van der Waals surface area (Å²) in [6.07, 6.45) is 0.777. The van der Waals surface area contributed by atoms with Crippen LogP contribution in [0.1, 0.15) is 18.4 Å². The SMILES string of the molecule is Cc1c(Cl)cccc1NC(=O)C1CCN(S(=O)(=O)c2ccc(F)c(Cl)c2)CC1. The molecule has 5 nitrogen and oxygen atoms in total. The number of benzene rings is 2. The van der Waals surface area contributed by atoms with Crippen LogP contribution in [0.5, 0.6) is 0 Å². The lowest BCUT2D eigenvalue weighted by molar-refractivity contribution is -0.120. The molecule has 1 aliphatic heterocycles. The zero-order chi connectivity index (χ0) is 20.5. The zero-order valence-corrected chi connectivity index (χ0v) is 17.4. The van der Waals surface area contributed by atoms with Gasteiger partial charge < -0.3 is 5.32 Å². The zero-order valence-electron chi connectivity index (χ0n) is 15.1. The Balaban J connectivity index is 1.65. The van der Waals surface area contributed by atoms with Gasteiger partial charge in [0.05, 0.1) is 9.92 Å². The molecule has 2 aromatic rings. The van der Waals surface area contributed by atoms with Crippen LogP contribution in [0.2, 0.25) is 10.0 Å². The fourth-order valence-corrected chi connectivity index (χ4v) is 5.04. The van der Waals surface area contributed by atoms with E-state index in [1.54, 1.807) is 18.2 Å². The molecule has 1 heterocycles. The van der Waals surface area contributed by atoms with Crippen LogP contribution < -0.4 is 5.32 Å². The smallest absolute Gasteiger partial charge is 0.243 e. The summed E-state index contributed by atoms with van der Waals surface area (Å²) < 4.78 is 40.1. The third-order valence-electron chi connectivity index (χ3n) is 4.88. The van der Waals surface area contributed by atoms with Crippen LogP contribution in [0.15, 0.2) is 41.3 Å². The molecule has 150 valence electrons. The third-order valence-corrected chi connectivity index (χ3v) is 7.47. The van der Waals surface area contributed by atoms with Crippen LogP contribution in [-0.4, -0.2) is 31.7 Å². The summed E-state index contributed by atoms with van der Waals surface area (Å²) in [4.78, 5) is 12.5. The van der Waals surface area contributed by atoms with Crippen molar-refractivity contribution in [2.75, 3.05) is 18.4 Å². The number of halogens is 3. The molecule has 1 aliphatic rings. The Hall–Kier alpha value is -1.67. The van der Waals surface area contributed by atoms with Gasteiger partial charge >= 0.3 is 0 Å². The summed E-state index contributed by atoms with van der Waals surface area (Å²) >= 11 is 11.8. The number of nitrogens with one attached hydrogen (secondary N) is 1. The monoisotopic (exact) mass is 444 g/mol. The number of hydrogen-bond acceptors (Lipinski definition) is 3. The molecule has 0 saturated carbocycles. The van der Waals surface area contributed by atoms with Gasteiger partial charge in [0.2, 0.25) is 15.9 Å². The molecule has 9 heteroatoms. The summed E-state index contributed by atoms with van der Waals surface area (Å²) in [7, 11) is -3.79. The van der Waals surface area contributed by atoms with E-state index in [0.717, 1.165) is 17.7 Å². The molecule has 0 unspecified atom stereocenters. The Morgan fingerprint density at radius 3 is 2.46 bits per heavy atom. The fourth-order valence-electron chi connectivity index (χ4n) is 3.12. The van der Waals surface area contributed by atoms with Crippen molar-refractivity contribution >= 4 is 44.8 Å². The first-order valence-corrected chi connectivity index (χ1v) is 10.9. The maximum Gasteiger partial charge on any atom is 0.243 e. The molecule has 0 atom stereocenters. The van der Waals surface area contributed by atoms with Gasteiger partial charge in [0.15, 0.2) is 0 Å². The first-order chi connectivity index (χ1) is 13.2. The highest BCUT2D eigenvalue weighted by atomic mass is 35.5. The molecule has 0 radical (unpaired) electrons. The maximum atomic E-state index is 13.3. The van der Waals surface area contributed by atoms with Crippen molar-refractivity contribution in [3.8, 4) is 0 Å². The first kappa shape index (κ1) is 21.0. The Labute approximate surface area is 173 Å². The second-order valence-electron chi connectivity index (χ2n) is 6.66. The van der Waals surface area contributed by atoms with Gasteiger partial charge in [0, 0.05) is 29.7 Å². The van der Waals surface area contributed by atoms with Crippen molar-refractivity contribution in [1.29, 1.82) is 0 Å². The van der Waals surface area contributed by atoms with Crippen molar-refractivity contribution in [3.05, 3.63) is 57.8 Å². The highest BCUT2D eigenvalue weighted by Gasteiger charge is 2.32. The number of carbonyl (C=O) groups excluding carboxylic acids is 1. The average molecular weight is 445 g/mol. The number of anilines is 1. The van der Waals surface area contributed by atoms with Crippen molar-refractivity contribution in [3.63, 3.8) is 0 Å². The Morgan fingerprint density at radius 1 is 1.14 bits per heavy atom. The van der Waals surface area contributed by atoms with E-state index in [0.29, 0.717) is 23.6 Å². The summed E-state index contributed by atoms with van der Waals surface area (Å²) in [5.41, 5.74) is 1.43. The van der Waals surface area contributed by atoms with E-state index < -0.39 is 15.8 Å². The summed E-state index contributed by atoms with van der Waals surface area (Å²) in [6.45, 7) is 2.22. The highest BCUT2D eigenvalue weighted by molar-refractivity contribution is 7.89. The molecule has 1 amide bonds. The van der Waals surface area contributed by atoms with Gasteiger partial charge in [-0.15, -0.1) is 0 Å². The van der Waals surface area contributed by atoms with Crippen LogP contribution >= 0.6 is 23.2 Å². The molecule has 3 rings (SSSR count). The van der Waals surface area contributed by atoms with Crippen LogP contribution in [0.25, 0.3) is 0 Å². The van der Waals surface area contributed by atoms with Crippen molar-refractivity contribution in [2.45, 2.75) is 24.7 Å². The number of sulfonamides is 1. The molecule has 1 fully saturated rings. The second-order valence-corrected chi connectivity index (χ2v) is 9.41. The van der Waals surface area contributed by atoms with Crippen molar-refractivity contribution in [2.24, 2.45) is 5.92 Å². The molecule has 28 heavy (non-hydrogen) atoms. The molecule has 0 aromatic heterocycles. The van der Waals surface area contributed by atoms with Gasteiger partial charge in [0.1, 0.15) is 5.82 Å². The molecular weight excluding hydrogens is 426 g/mol. The lowest BCUT2D eigenvalue weighted by Crippen LogP contribution is -2.41. The molecule has 1 N–H and O–H groups in total. The largest absolute Gasteiger partial charge is 0.326 e. The Morgan fingerprint density at radius 2 is 1.82 bits per heavy atom. The number of piperidine rings is 1. The first-order valence-electron chi connectivity index (χ1n) is 8.71. The van der Waals surface area contributed by atoms with Crippen LogP contribution in [0, 0.1) is 18.7 Å². The number of carbonyl (C=O) groups is 1. The van der Waals surface area contributed by atoms with Gasteiger partial charge in [0.25, 0.3) is 0 Å². The normalized spacial score (nSPS) is 16.1. The highest BCUT2D eigenvalue weighted by Crippen LogP contribution is 2.28. The molecule has 0 spiro atoms. The maximum absolute atomic E-state index is 13.3. The number of nitrogens with zero attached hydrogens (tertiary/aromatic N) is 1. The Kier molecular flexibility index (Phi) is 6.29. The molecule has 0 bridgehead atoms. The average Bonchev–Trinajstić information content (AvgIpc) is 2.67. The van der Waals surface area contributed by atoms with E-state index in [2.05, 4.69) is 5.32 Å². The summed E-state index contributed by atoms with van der Waals surface area (Å²) in [5.74, 6) is -1.14. The lowest BCUT2D eigenvalue weighted by atomic mass is 9.97. The topological polar surface area (TPSA) is 66.5 Å². The van der Waals surface area contributed by atoms with Crippen molar-refractivity contribution < 1.29 is 17.6 Å². The lowest BCUT2D eigenvalue weighted by Gasteiger charge is -2.30. The van der Waals surface area contributed by atoms with E-state index in [1.807, 2.05) is 6.92 Å². The molecule has 1 saturated heterocycles. The number of hydrogen-bond donors (Lipinski definition) is 1. The van der Waals surface area contributed by atoms with Gasteiger partial charge in [-0.25, -0.2) is 12.8 Å². The van der Waals surface area contributed by atoms with Gasteiger partial charge in [-0.3, -0.25) is 4.79 Å². The summed E-state index contributed by atoms with van der Waals surface area (Å²) in [5, 5.41) is 3.19. The standard InChI is InChI=1S/C19H19Cl2FN2O3S/c1-12-15(20)3-2-4-18(12)23-19(25)13-7-9-24(10-8-13)28(26,27)14-5-6-17(22)16(21)11-14/h2-6,11,13H,7-10H2,1H3,(H,23,25). The Bertz CT molecular complexity index is 1010. The second kappa shape index (κ2) is 8.37. The van der Waals surface area contributed by atoms with Crippen LogP contribution in [-0.2, 0) is 14.8 Å². The molecule has 0 aliphatic carbocycles. The predicted octanol–water partition coefficient (Wildman–Crippen LogP) is 4.48. The van der Waals surface area contributed by atoms with Gasteiger partial charge in [-0.2, -0.15) is 4.31 Å². The third kappa shape index (κ3) is 4.33. The summed E-state index contributed by atoms with van der Waals surface area (Å²) in [6, 6.07) is 8.61. The molecular formula is C19H19Cl2FN2O3S. The minimum atomic E-state index is -3.79. The number of rotatable bonds is 4. The van der Waals surface area contributed by atoms with Crippen LogP contribution in [0.3, 0.4) is 0 Å². The molecule has 2 aromatic carbocycles. The van der Waals surface area contributed by atoms with Gasteiger partial charge in [-0.05, 0) is 55.7 Å². The van der Waals surface area contributed by atoms with Crippen molar-refractivity contribution in [1.82, 2.24) is 4.31 Å². The van der Waals surface area contributed by atoms with E-state index in [-0.39, 0.29) is 34.8 Å². The number of amides is 1. The van der Waals surface area contributed by atoms with E-state index in [1.165, 1.54) is 10.4 Å². The van der Waals surface area contributed by atoms with E-state index in [9.17, 15) is 17.6 Å². The minimum Gasteiger partial charge on any atom is -0.326 e. The quantitative estimate of drug-likeness (QED) is 0.755. The predicted molar refractivity (Wildman–Crippen MR) is 108 cm³/mol. The van der Waals surface area contributed by atoms with E-state index in [4.69, 9.17) is 23.2 Å². The fraction of sp³-hybridized carbons (Fsp3) is 0.316. The minimum absolute atomic E-state index is 0.0589. The van der Waals surface area contributed by atoms with E-state index >= 15 is 0 Å².